The number of ether oxygens (including phenoxy) is 1. The number of nitrogens with zero attached hydrogens (tertiary/aromatic N) is 2. The van der Waals surface area contributed by atoms with Gasteiger partial charge in [-0.25, -0.2) is 8.42 Å². The van der Waals surface area contributed by atoms with Gasteiger partial charge in [0.15, 0.2) is 9.92 Å². The van der Waals surface area contributed by atoms with Crippen molar-refractivity contribution < 1.29 is 31.2 Å². The summed E-state index contributed by atoms with van der Waals surface area (Å²) in [5, 5.41) is 16.2. The molecule has 0 fully saturated rings. The molecule has 1 aromatic heterocycles. The summed E-state index contributed by atoms with van der Waals surface area (Å²) in [6.45, 7) is 0. The summed E-state index contributed by atoms with van der Waals surface area (Å²) < 4.78 is 68.8. The number of aromatic nitrogens is 2. The number of benzene rings is 2. The number of aromatic amines is 1. The zero-order chi connectivity index (χ0) is 21.4. The molecule has 3 aromatic rings. The molecular formula is C16H9ClF3N3O5S. The highest BCUT2D eigenvalue weighted by Crippen LogP contribution is 2.38. The Hall–Kier alpha value is -3.12. The topological polar surface area (TPSA) is 115 Å². The summed E-state index contributed by atoms with van der Waals surface area (Å²) in [4.78, 5) is 9.64. The molecule has 8 nitrogen and oxygen atoms in total. The quantitative estimate of drug-likeness (QED) is 0.451. The Morgan fingerprint density at radius 1 is 1.14 bits per heavy atom. The number of nitrogens with one attached hydrogen (secondary N) is 1. The molecule has 0 unspecified atom stereocenters. The van der Waals surface area contributed by atoms with E-state index in [-0.39, 0.29) is 16.5 Å². The van der Waals surface area contributed by atoms with Crippen LogP contribution in [0.3, 0.4) is 0 Å². The lowest BCUT2D eigenvalue weighted by molar-refractivity contribution is -0.387. The molecule has 1 N–H and O–H groups in total. The van der Waals surface area contributed by atoms with Crippen molar-refractivity contribution >= 4 is 27.1 Å². The number of hydrogen-bond acceptors (Lipinski definition) is 6. The van der Waals surface area contributed by atoms with Crippen molar-refractivity contribution in [1.29, 1.82) is 0 Å². The van der Waals surface area contributed by atoms with Crippen LogP contribution in [0.2, 0.25) is 5.02 Å². The standard InChI is InChI=1S/C16H9ClF3N3O5S/c17-11-7-9(16(18,19)20)1-4-13(11)28-10-2-3-12(23(24)25)14(8-10)29(26,27)15-5-6-21-22-15/h1-8H,(H,21,22). The first-order valence-electron chi connectivity index (χ1n) is 7.58. The molecule has 0 amide bonds. The van der Waals surface area contributed by atoms with Crippen molar-refractivity contribution in [2.45, 2.75) is 16.1 Å². The third-order valence-corrected chi connectivity index (χ3v) is 5.63. The summed E-state index contributed by atoms with van der Waals surface area (Å²) in [5.41, 5.74) is -1.72. The molecular weight excluding hydrogens is 439 g/mol. The normalized spacial score (nSPS) is 12.0. The number of sulfone groups is 1. The molecule has 0 saturated heterocycles. The van der Waals surface area contributed by atoms with Gasteiger partial charge in [0.05, 0.1) is 15.5 Å². The minimum absolute atomic E-state index is 0.189. The number of alkyl halides is 3. The maximum atomic E-state index is 12.7. The van der Waals surface area contributed by atoms with E-state index in [0.717, 1.165) is 36.4 Å². The van der Waals surface area contributed by atoms with E-state index in [1.165, 1.54) is 6.20 Å². The van der Waals surface area contributed by atoms with Gasteiger partial charge in [-0.15, -0.1) is 0 Å². The van der Waals surface area contributed by atoms with Gasteiger partial charge in [-0.05, 0) is 30.3 Å². The Kier molecular flexibility index (Phi) is 5.24. The van der Waals surface area contributed by atoms with Crippen molar-refractivity contribution in [3.63, 3.8) is 0 Å². The van der Waals surface area contributed by atoms with Crippen LogP contribution in [-0.4, -0.2) is 23.5 Å². The van der Waals surface area contributed by atoms with Crippen molar-refractivity contribution in [3.05, 3.63) is 69.4 Å². The molecule has 13 heteroatoms. The number of nitro benzene ring substituents is 1. The Morgan fingerprint density at radius 2 is 1.86 bits per heavy atom. The van der Waals surface area contributed by atoms with Crippen LogP contribution in [0.5, 0.6) is 11.5 Å². The minimum atomic E-state index is -4.61. The second kappa shape index (κ2) is 7.37. The van der Waals surface area contributed by atoms with E-state index in [0.29, 0.717) is 6.07 Å². The molecule has 3 rings (SSSR count). The molecule has 0 aliphatic heterocycles. The molecule has 0 aliphatic rings. The maximum Gasteiger partial charge on any atom is 0.416 e. The molecule has 1 heterocycles. The summed E-state index contributed by atoms with van der Waals surface area (Å²) in [7, 11) is -4.37. The highest BCUT2D eigenvalue weighted by Gasteiger charge is 2.32. The van der Waals surface area contributed by atoms with E-state index < -0.39 is 42.1 Å². The lowest BCUT2D eigenvalue weighted by Gasteiger charge is -2.12. The lowest BCUT2D eigenvalue weighted by Crippen LogP contribution is -2.07. The Labute approximate surface area is 165 Å². The Balaban J connectivity index is 2.04. The van der Waals surface area contributed by atoms with E-state index in [1.807, 2.05) is 0 Å². The first-order valence-corrected chi connectivity index (χ1v) is 9.44. The summed E-state index contributed by atoms with van der Waals surface area (Å²) >= 11 is 5.81. The van der Waals surface area contributed by atoms with Crippen LogP contribution in [0.25, 0.3) is 0 Å². The summed E-state index contributed by atoms with van der Waals surface area (Å²) in [6.07, 6.45) is -3.39. The molecule has 2 aromatic carbocycles. The number of nitro groups is 1. The van der Waals surface area contributed by atoms with Gasteiger partial charge < -0.3 is 4.74 Å². The van der Waals surface area contributed by atoms with Crippen molar-refractivity contribution in [1.82, 2.24) is 10.2 Å². The predicted molar refractivity (Wildman–Crippen MR) is 93.7 cm³/mol. The van der Waals surface area contributed by atoms with Crippen molar-refractivity contribution in [2.24, 2.45) is 0 Å². The molecule has 0 bridgehead atoms. The second-order valence-corrected chi connectivity index (χ2v) is 7.82. The largest absolute Gasteiger partial charge is 0.456 e. The monoisotopic (exact) mass is 447 g/mol. The average molecular weight is 448 g/mol. The van der Waals surface area contributed by atoms with Crippen LogP contribution >= 0.6 is 11.6 Å². The smallest absolute Gasteiger partial charge is 0.416 e. The van der Waals surface area contributed by atoms with Gasteiger partial charge in [0.2, 0.25) is 9.84 Å². The van der Waals surface area contributed by atoms with Crippen LogP contribution in [0.1, 0.15) is 5.56 Å². The zero-order valence-electron chi connectivity index (χ0n) is 14.0. The SMILES string of the molecule is O=[N+]([O-])c1ccc(Oc2ccc(C(F)(F)F)cc2Cl)cc1S(=O)(=O)c1cc[nH]n1. The maximum absolute atomic E-state index is 12.7. The molecule has 29 heavy (non-hydrogen) atoms. The van der Waals surface area contributed by atoms with Gasteiger partial charge in [-0.1, -0.05) is 11.6 Å². The number of H-pyrrole nitrogens is 1. The molecule has 0 saturated carbocycles. The van der Waals surface area contributed by atoms with Gasteiger partial charge in [0.1, 0.15) is 11.5 Å². The van der Waals surface area contributed by atoms with Gasteiger partial charge in [0.25, 0.3) is 5.69 Å². The zero-order valence-corrected chi connectivity index (χ0v) is 15.5. The molecule has 152 valence electrons. The third kappa shape index (κ3) is 4.17. The molecule has 0 radical (unpaired) electrons. The van der Waals surface area contributed by atoms with Gasteiger partial charge in [-0.2, -0.15) is 18.3 Å². The van der Waals surface area contributed by atoms with E-state index >= 15 is 0 Å². The first kappa shape index (κ1) is 20.6. The minimum Gasteiger partial charge on any atom is -0.456 e. The second-order valence-electron chi connectivity index (χ2n) is 5.55. The first-order chi connectivity index (χ1) is 13.5. The van der Waals surface area contributed by atoms with Gasteiger partial charge in [0, 0.05) is 18.3 Å². The van der Waals surface area contributed by atoms with Crippen molar-refractivity contribution in [2.75, 3.05) is 0 Å². The summed E-state index contributed by atoms with van der Waals surface area (Å²) in [6, 6.07) is 6.30. The van der Waals surface area contributed by atoms with E-state index in [9.17, 15) is 31.7 Å². The summed E-state index contributed by atoms with van der Waals surface area (Å²) in [5.74, 6) is -0.386. The lowest BCUT2D eigenvalue weighted by atomic mass is 10.2. The fourth-order valence-corrected chi connectivity index (χ4v) is 3.87. The van der Waals surface area contributed by atoms with Gasteiger partial charge in [-0.3, -0.25) is 15.2 Å². The molecule has 0 spiro atoms. The fourth-order valence-electron chi connectivity index (χ4n) is 2.32. The van der Waals surface area contributed by atoms with Crippen LogP contribution in [0, 0.1) is 10.1 Å². The molecule has 0 aliphatic carbocycles. The van der Waals surface area contributed by atoms with Crippen LogP contribution in [0.4, 0.5) is 18.9 Å². The highest BCUT2D eigenvalue weighted by molar-refractivity contribution is 7.91. The van der Waals surface area contributed by atoms with E-state index in [4.69, 9.17) is 16.3 Å². The van der Waals surface area contributed by atoms with Crippen LogP contribution in [-0.2, 0) is 16.0 Å². The Bertz CT molecular complexity index is 1180. The van der Waals surface area contributed by atoms with E-state index in [1.54, 1.807) is 0 Å². The van der Waals surface area contributed by atoms with E-state index in [2.05, 4.69) is 10.2 Å². The molecule has 0 atom stereocenters. The number of rotatable bonds is 5. The Morgan fingerprint density at radius 3 is 2.41 bits per heavy atom. The number of hydrogen-bond donors (Lipinski definition) is 1. The van der Waals surface area contributed by atoms with Crippen molar-refractivity contribution in [3.8, 4) is 11.5 Å². The third-order valence-electron chi connectivity index (χ3n) is 3.66. The highest BCUT2D eigenvalue weighted by atomic mass is 35.5. The van der Waals surface area contributed by atoms with Crippen LogP contribution in [0.15, 0.2) is 58.6 Å². The predicted octanol–water partition coefficient (Wildman–Crippen LogP) is 4.62. The fraction of sp³-hybridized carbons (Fsp3) is 0.0625. The number of halogens is 4. The van der Waals surface area contributed by atoms with Gasteiger partial charge >= 0.3 is 6.18 Å². The average Bonchev–Trinajstić information content (AvgIpc) is 3.18. The van der Waals surface area contributed by atoms with Crippen LogP contribution < -0.4 is 4.74 Å².